The molecule has 0 spiro atoms. The largest absolute Gasteiger partial charge is 0.573 e. The molecule has 0 unspecified atom stereocenters. The van der Waals surface area contributed by atoms with Crippen molar-refractivity contribution in [1.82, 2.24) is 0 Å². The van der Waals surface area contributed by atoms with Crippen LogP contribution in [0.2, 0.25) is 0 Å². The molecule has 0 aliphatic rings. The van der Waals surface area contributed by atoms with Crippen LogP contribution in [0.5, 0.6) is 11.5 Å². The summed E-state index contributed by atoms with van der Waals surface area (Å²) in [4.78, 5) is 0. The number of halogens is 3. The van der Waals surface area contributed by atoms with Gasteiger partial charge in [-0.1, -0.05) is 18.2 Å². The van der Waals surface area contributed by atoms with E-state index in [1.165, 1.54) is 12.1 Å². The average Bonchev–Trinajstić information content (AvgIpc) is 2.45. The number of hydrogen-bond acceptors (Lipinski definition) is 3. The van der Waals surface area contributed by atoms with Gasteiger partial charge >= 0.3 is 6.36 Å². The fourth-order valence-electron chi connectivity index (χ4n) is 1.97. The maximum absolute atomic E-state index is 12.1. The lowest BCUT2D eigenvalue weighted by Gasteiger charge is -2.11. The Labute approximate surface area is 120 Å². The van der Waals surface area contributed by atoms with Gasteiger partial charge in [-0.05, 0) is 35.4 Å². The van der Waals surface area contributed by atoms with Crippen molar-refractivity contribution >= 4 is 0 Å². The zero-order valence-corrected chi connectivity index (χ0v) is 11.3. The Morgan fingerprint density at radius 1 is 1.00 bits per heavy atom. The van der Waals surface area contributed by atoms with Crippen LogP contribution in [-0.2, 0) is 6.54 Å². The van der Waals surface area contributed by atoms with Gasteiger partial charge in [-0.2, -0.15) is 0 Å². The van der Waals surface area contributed by atoms with E-state index >= 15 is 0 Å². The second-order valence-electron chi connectivity index (χ2n) is 4.30. The molecule has 2 aromatic rings. The number of methoxy groups -OCH3 is 1. The number of hydrogen-bond donors (Lipinski definition) is 1. The second kappa shape index (κ2) is 6.05. The average molecular weight is 297 g/mol. The lowest BCUT2D eigenvalue weighted by Crippen LogP contribution is -2.16. The number of nitrogens with two attached hydrogens (primary N) is 1. The highest BCUT2D eigenvalue weighted by Crippen LogP contribution is 2.29. The number of ether oxygens (including phenoxy) is 2. The molecule has 0 saturated carbocycles. The van der Waals surface area contributed by atoms with Gasteiger partial charge in [0.2, 0.25) is 0 Å². The molecule has 2 rings (SSSR count). The predicted molar refractivity (Wildman–Crippen MR) is 73.0 cm³/mol. The summed E-state index contributed by atoms with van der Waals surface area (Å²) in [6, 6.07) is 11.1. The van der Waals surface area contributed by atoms with Crippen LogP contribution >= 0.6 is 0 Å². The maximum Gasteiger partial charge on any atom is 0.573 e. The molecule has 21 heavy (non-hydrogen) atoms. The summed E-state index contributed by atoms with van der Waals surface area (Å²) < 4.78 is 45.3. The molecule has 0 saturated heterocycles. The van der Waals surface area contributed by atoms with E-state index in [9.17, 15) is 13.2 Å². The molecule has 0 bridgehead atoms. The first-order valence-corrected chi connectivity index (χ1v) is 6.16. The van der Waals surface area contributed by atoms with Gasteiger partial charge in [0.05, 0.1) is 7.11 Å². The lowest BCUT2D eigenvalue weighted by atomic mass is 10.0. The Kier molecular flexibility index (Phi) is 4.37. The van der Waals surface area contributed by atoms with Crippen molar-refractivity contribution in [3.8, 4) is 22.6 Å². The second-order valence-corrected chi connectivity index (χ2v) is 4.30. The van der Waals surface area contributed by atoms with Crippen LogP contribution in [0, 0.1) is 0 Å². The highest BCUT2D eigenvalue weighted by molar-refractivity contribution is 5.66. The Bertz CT molecular complexity index is 609. The highest BCUT2D eigenvalue weighted by Gasteiger charge is 2.30. The van der Waals surface area contributed by atoms with Crippen LogP contribution in [0.1, 0.15) is 5.56 Å². The molecule has 2 N–H and O–H groups in total. The van der Waals surface area contributed by atoms with Gasteiger partial charge in [-0.25, -0.2) is 0 Å². The number of benzene rings is 2. The van der Waals surface area contributed by atoms with Crippen LogP contribution in [0.4, 0.5) is 13.2 Å². The third kappa shape index (κ3) is 3.88. The van der Waals surface area contributed by atoms with Crippen molar-refractivity contribution in [2.75, 3.05) is 7.11 Å². The molecule has 0 amide bonds. The number of alkyl halides is 3. The van der Waals surface area contributed by atoms with Crippen LogP contribution < -0.4 is 15.2 Å². The summed E-state index contributed by atoms with van der Waals surface area (Å²) in [6.07, 6.45) is -4.69. The van der Waals surface area contributed by atoms with Gasteiger partial charge in [-0.15, -0.1) is 13.2 Å². The van der Waals surface area contributed by atoms with Gasteiger partial charge in [0.25, 0.3) is 0 Å². The molecule has 0 atom stereocenters. The fourth-order valence-corrected chi connectivity index (χ4v) is 1.97. The predicted octanol–water partition coefficient (Wildman–Crippen LogP) is 3.72. The fraction of sp³-hybridized carbons (Fsp3) is 0.200. The molecule has 0 fully saturated rings. The summed E-state index contributed by atoms with van der Waals surface area (Å²) in [5.74, 6) is 0.428. The van der Waals surface area contributed by atoms with Crippen molar-refractivity contribution in [1.29, 1.82) is 0 Å². The van der Waals surface area contributed by atoms with Crippen molar-refractivity contribution in [3.05, 3.63) is 48.0 Å². The SMILES string of the molecule is COc1ccc(-c2ccc(OC(F)(F)F)cc2)cc1CN. The summed E-state index contributed by atoms with van der Waals surface area (Å²) in [6.45, 7) is 0.312. The van der Waals surface area contributed by atoms with E-state index in [1.54, 1.807) is 25.3 Å². The van der Waals surface area contributed by atoms with E-state index in [2.05, 4.69) is 4.74 Å². The molecule has 3 nitrogen and oxygen atoms in total. The van der Waals surface area contributed by atoms with Crippen LogP contribution in [0.3, 0.4) is 0 Å². The van der Waals surface area contributed by atoms with Gasteiger partial charge < -0.3 is 15.2 Å². The molecule has 0 heterocycles. The minimum absolute atomic E-state index is 0.251. The molecule has 0 aliphatic heterocycles. The summed E-state index contributed by atoms with van der Waals surface area (Å²) in [7, 11) is 1.55. The van der Waals surface area contributed by atoms with E-state index in [4.69, 9.17) is 10.5 Å². The summed E-state index contributed by atoms with van der Waals surface area (Å²) in [5, 5.41) is 0. The molecule has 0 radical (unpaired) electrons. The quantitative estimate of drug-likeness (QED) is 0.935. The van der Waals surface area contributed by atoms with Gasteiger partial charge in [0, 0.05) is 12.1 Å². The molecule has 112 valence electrons. The Balaban J connectivity index is 2.26. The monoisotopic (exact) mass is 297 g/mol. The topological polar surface area (TPSA) is 44.5 Å². The van der Waals surface area contributed by atoms with Crippen LogP contribution in [-0.4, -0.2) is 13.5 Å². The first kappa shape index (κ1) is 15.2. The third-order valence-corrected chi connectivity index (χ3v) is 2.92. The standard InChI is InChI=1S/C15H14F3NO2/c1-20-14-7-4-11(8-12(14)9-19)10-2-5-13(6-3-10)21-15(16,17)18/h2-8H,9,19H2,1H3. The Morgan fingerprint density at radius 3 is 2.14 bits per heavy atom. The van der Waals surface area contributed by atoms with Crippen molar-refractivity contribution in [2.24, 2.45) is 5.73 Å². The maximum atomic E-state index is 12.1. The van der Waals surface area contributed by atoms with E-state index < -0.39 is 6.36 Å². The molecular formula is C15H14F3NO2. The molecule has 0 aliphatic carbocycles. The first-order valence-electron chi connectivity index (χ1n) is 6.16. The highest BCUT2D eigenvalue weighted by atomic mass is 19.4. The molecule has 0 aromatic heterocycles. The summed E-state index contributed by atoms with van der Waals surface area (Å²) >= 11 is 0. The van der Waals surface area contributed by atoms with Gasteiger partial charge in [0.1, 0.15) is 11.5 Å². The Morgan fingerprint density at radius 2 is 1.62 bits per heavy atom. The van der Waals surface area contributed by atoms with Crippen molar-refractivity contribution in [2.45, 2.75) is 12.9 Å². The van der Waals surface area contributed by atoms with E-state index in [1.807, 2.05) is 12.1 Å². The minimum Gasteiger partial charge on any atom is -0.496 e. The van der Waals surface area contributed by atoms with E-state index in [0.717, 1.165) is 16.7 Å². The van der Waals surface area contributed by atoms with Gasteiger partial charge in [0.15, 0.2) is 0 Å². The zero-order valence-electron chi connectivity index (χ0n) is 11.3. The first-order chi connectivity index (χ1) is 9.93. The normalized spacial score (nSPS) is 11.3. The lowest BCUT2D eigenvalue weighted by molar-refractivity contribution is -0.274. The molecule has 2 aromatic carbocycles. The zero-order chi connectivity index (χ0) is 15.5. The molecular weight excluding hydrogens is 283 g/mol. The van der Waals surface area contributed by atoms with E-state index in [-0.39, 0.29) is 5.75 Å². The van der Waals surface area contributed by atoms with E-state index in [0.29, 0.717) is 12.3 Å². The van der Waals surface area contributed by atoms with Gasteiger partial charge in [-0.3, -0.25) is 0 Å². The summed E-state index contributed by atoms with van der Waals surface area (Å²) in [5.41, 5.74) is 8.07. The van der Waals surface area contributed by atoms with Crippen molar-refractivity contribution < 1.29 is 22.6 Å². The van der Waals surface area contributed by atoms with Crippen LogP contribution in [0.25, 0.3) is 11.1 Å². The molecule has 6 heteroatoms. The smallest absolute Gasteiger partial charge is 0.496 e. The van der Waals surface area contributed by atoms with Crippen molar-refractivity contribution in [3.63, 3.8) is 0 Å². The Hall–Kier alpha value is -2.21. The number of rotatable bonds is 4. The van der Waals surface area contributed by atoms with Crippen LogP contribution in [0.15, 0.2) is 42.5 Å². The minimum atomic E-state index is -4.69. The third-order valence-electron chi connectivity index (χ3n) is 2.92.